The first-order valence-corrected chi connectivity index (χ1v) is 12.2. The van der Waals surface area contributed by atoms with Crippen molar-refractivity contribution in [1.82, 2.24) is 15.3 Å². The summed E-state index contributed by atoms with van der Waals surface area (Å²) in [4.78, 5) is 18.6. The van der Waals surface area contributed by atoms with Gasteiger partial charge in [-0.15, -0.1) is 11.3 Å². The number of alkyl halides is 1. The van der Waals surface area contributed by atoms with E-state index in [0.717, 1.165) is 11.6 Å². The van der Waals surface area contributed by atoms with Crippen molar-refractivity contribution in [2.45, 2.75) is 31.5 Å². The van der Waals surface area contributed by atoms with Crippen molar-refractivity contribution in [3.05, 3.63) is 86.1 Å². The number of hydrogen-bond donors (Lipinski definition) is 2. The molecule has 0 spiro atoms. The number of nitrogens with one attached hydrogen (secondary N) is 1. The molecule has 0 unspecified atom stereocenters. The Morgan fingerprint density at radius 3 is 2.57 bits per heavy atom. The summed E-state index contributed by atoms with van der Waals surface area (Å²) in [5.74, 6) is 3.48. The van der Waals surface area contributed by atoms with Crippen LogP contribution in [0.4, 0.5) is 8.78 Å². The van der Waals surface area contributed by atoms with Crippen molar-refractivity contribution in [2.75, 3.05) is 13.1 Å². The number of nitrogens with two attached hydrogens (primary N) is 1. The average molecular weight is 516 g/mol. The fourth-order valence-corrected chi connectivity index (χ4v) is 5.89. The third kappa shape index (κ3) is 5.36. The summed E-state index contributed by atoms with van der Waals surface area (Å²) < 4.78 is 29.6. The molecule has 2 atom stereocenters. The summed E-state index contributed by atoms with van der Waals surface area (Å²) in [5.41, 5.74) is 2.23. The van der Waals surface area contributed by atoms with E-state index >= 15 is 4.39 Å². The molecule has 1 aliphatic heterocycles. The highest BCUT2D eigenvalue weighted by Gasteiger charge is 2.45. The summed E-state index contributed by atoms with van der Waals surface area (Å²) in [6, 6.07) is 13.0. The Morgan fingerprint density at radius 2 is 1.97 bits per heavy atom. The minimum Gasteiger partial charge on any atom is -0.290 e. The van der Waals surface area contributed by atoms with E-state index in [9.17, 15) is 14.4 Å². The number of halogens is 3. The molecule has 1 saturated heterocycles. The van der Waals surface area contributed by atoms with Crippen LogP contribution in [0.1, 0.15) is 58.0 Å². The molecule has 6 nitrogen and oxygen atoms in total. The lowest BCUT2D eigenvalue weighted by molar-refractivity contribution is 0.00805. The Morgan fingerprint density at radius 1 is 1.29 bits per heavy atom. The highest BCUT2D eigenvalue weighted by Crippen LogP contribution is 2.46. The number of nitriles is 1. The largest absolute Gasteiger partial charge is 0.290 e. The number of hydrazine groups is 1. The van der Waals surface area contributed by atoms with E-state index in [1.165, 1.54) is 31.3 Å². The number of amides is 1. The Balaban J connectivity index is 1.65. The molecule has 0 aliphatic carbocycles. The number of rotatable bonds is 7. The Hall–Kier alpha value is -2.90. The third-order valence-electron chi connectivity index (χ3n) is 6.23. The van der Waals surface area contributed by atoms with E-state index in [-0.39, 0.29) is 23.2 Å². The summed E-state index contributed by atoms with van der Waals surface area (Å²) in [5, 5.41) is 12.2. The van der Waals surface area contributed by atoms with Gasteiger partial charge >= 0.3 is 0 Å². The van der Waals surface area contributed by atoms with Gasteiger partial charge in [0, 0.05) is 29.4 Å². The summed E-state index contributed by atoms with van der Waals surface area (Å²) in [7, 11) is 0. The highest BCUT2D eigenvalue weighted by molar-refractivity contribution is 7.10. The molecule has 4 rings (SSSR count). The van der Waals surface area contributed by atoms with E-state index < -0.39 is 23.3 Å². The molecule has 10 heteroatoms. The number of benzene rings is 2. The lowest BCUT2D eigenvalue weighted by Gasteiger charge is -2.49. The molecule has 2 heterocycles. The van der Waals surface area contributed by atoms with Crippen LogP contribution in [0, 0.1) is 23.1 Å². The molecular weight excluding hydrogens is 492 g/mol. The fourth-order valence-electron chi connectivity index (χ4n) is 4.80. The van der Waals surface area contributed by atoms with Gasteiger partial charge in [0.05, 0.1) is 17.7 Å². The standard InChI is InChI=1S/C25H24ClF2N5OS/c1-25(2,28)21(16-7-14(10-29)8-19(27)9-16)17-11-33(12-17)22(15-3-5-18(26)6-4-15)24-31-20(13-35-24)23(34)32-30/h3-9,13,17,21-22H,11-12,30H2,1-2H3,(H,32,34)/t21-,22-/m0/s1. The molecule has 35 heavy (non-hydrogen) atoms. The van der Waals surface area contributed by atoms with Crippen molar-refractivity contribution in [2.24, 2.45) is 11.8 Å². The van der Waals surface area contributed by atoms with Crippen molar-refractivity contribution >= 4 is 28.8 Å². The van der Waals surface area contributed by atoms with Crippen LogP contribution in [0.5, 0.6) is 0 Å². The van der Waals surface area contributed by atoms with Crippen molar-refractivity contribution < 1.29 is 13.6 Å². The van der Waals surface area contributed by atoms with Gasteiger partial charge in [0.25, 0.3) is 5.91 Å². The van der Waals surface area contributed by atoms with Crippen LogP contribution in [0.25, 0.3) is 0 Å². The van der Waals surface area contributed by atoms with Crippen LogP contribution in [0.3, 0.4) is 0 Å². The number of nitrogens with zero attached hydrogens (tertiary/aromatic N) is 3. The number of hydrogen-bond acceptors (Lipinski definition) is 6. The first-order valence-electron chi connectivity index (χ1n) is 11.0. The molecule has 3 aromatic rings. The minimum absolute atomic E-state index is 0.120. The maximum Gasteiger partial charge on any atom is 0.284 e. The second-order valence-corrected chi connectivity index (χ2v) is 10.5. The maximum atomic E-state index is 15.4. The SMILES string of the molecule is CC(C)(F)[C@@H](c1cc(F)cc(C#N)c1)C1CN([C@@H](c2ccc(Cl)cc2)c2nc(C(=O)NN)cs2)C1. The van der Waals surface area contributed by atoms with Crippen LogP contribution in [0.15, 0.2) is 47.8 Å². The smallest absolute Gasteiger partial charge is 0.284 e. The Kier molecular flexibility index (Phi) is 7.20. The molecule has 1 aliphatic rings. The molecule has 1 aromatic heterocycles. The summed E-state index contributed by atoms with van der Waals surface area (Å²) in [6.07, 6.45) is 0. The molecule has 182 valence electrons. The zero-order chi connectivity index (χ0) is 25.3. The molecule has 1 amide bonds. The molecule has 1 fully saturated rings. The lowest BCUT2D eigenvalue weighted by Crippen LogP contribution is -2.53. The van der Waals surface area contributed by atoms with E-state index in [0.29, 0.717) is 28.7 Å². The normalized spacial score (nSPS) is 16.3. The van der Waals surface area contributed by atoms with E-state index in [1.54, 1.807) is 23.6 Å². The molecular formula is C25H24ClF2N5OS. The Bertz CT molecular complexity index is 1260. The quantitative estimate of drug-likeness (QED) is 0.263. The van der Waals surface area contributed by atoms with Gasteiger partial charge in [-0.2, -0.15) is 5.26 Å². The maximum absolute atomic E-state index is 15.4. The zero-order valence-corrected chi connectivity index (χ0v) is 20.7. The van der Waals surface area contributed by atoms with Crippen molar-refractivity contribution in [3.8, 4) is 6.07 Å². The Labute approximate surface area is 211 Å². The van der Waals surface area contributed by atoms with Crippen molar-refractivity contribution in [1.29, 1.82) is 5.26 Å². The van der Waals surface area contributed by atoms with Gasteiger partial charge in [-0.3, -0.25) is 15.1 Å². The number of likely N-dealkylation sites (tertiary alicyclic amines) is 1. The van der Waals surface area contributed by atoms with Gasteiger partial charge in [-0.1, -0.05) is 23.7 Å². The summed E-state index contributed by atoms with van der Waals surface area (Å²) in [6.45, 7) is 3.99. The first-order chi connectivity index (χ1) is 16.6. The molecule has 3 N–H and O–H groups in total. The van der Waals surface area contributed by atoms with Crippen molar-refractivity contribution in [3.63, 3.8) is 0 Å². The van der Waals surface area contributed by atoms with E-state index in [4.69, 9.17) is 17.4 Å². The fraction of sp³-hybridized carbons (Fsp3) is 0.320. The van der Waals surface area contributed by atoms with Gasteiger partial charge in [0.2, 0.25) is 0 Å². The minimum atomic E-state index is -1.64. The number of thiazole rings is 1. The van der Waals surface area contributed by atoms with Crippen LogP contribution in [-0.4, -0.2) is 34.5 Å². The van der Waals surface area contributed by atoms with E-state index in [2.05, 4.69) is 15.3 Å². The molecule has 2 aromatic carbocycles. The second-order valence-electron chi connectivity index (χ2n) is 9.14. The third-order valence-corrected chi connectivity index (χ3v) is 7.38. The van der Waals surface area contributed by atoms with Gasteiger partial charge in [-0.05, 0) is 61.2 Å². The molecule has 0 bridgehead atoms. The van der Waals surface area contributed by atoms with Crippen LogP contribution in [-0.2, 0) is 0 Å². The van der Waals surface area contributed by atoms with Crippen LogP contribution >= 0.6 is 22.9 Å². The molecule has 0 radical (unpaired) electrons. The highest BCUT2D eigenvalue weighted by atomic mass is 35.5. The average Bonchev–Trinajstić information content (AvgIpc) is 3.26. The summed E-state index contributed by atoms with van der Waals surface area (Å²) >= 11 is 7.42. The monoisotopic (exact) mass is 515 g/mol. The number of aromatic nitrogens is 1. The van der Waals surface area contributed by atoms with Gasteiger partial charge in [0.1, 0.15) is 22.2 Å². The number of nitrogen functional groups attached to an aromatic ring is 1. The number of carbonyl (C=O) groups is 1. The lowest BCUT2D eigenvalue weighted by atomic mass is 9.72. The van der Waals surface area contributed by atoms with E-state index in [1.807, 2.05) is 18.2 Å². The van der Waals surface area contributed by atoms with Gasteiger partial charge in [0.15, 0.2) is 0 Å². The topological polar surface area (TPSA) is 95.0 Å². The van der Waals surface area contributed by atoms with Crippen LogP contribution < -0.4 is 11.3 Å². The first kappa shape index (κ1) is 25.2. The predicted molar refractivity (Wildman–Crippen MR) is 131 cm³/mol. The van der Waals surface area contributed by atoms with Crippen LogP contribution in [0.2, 0.25) is 5.02 Å². The second kappa shape index (κ2) is 9.99. The van der Waals surface area contributed by atoms with Gasteiger partial charge in [-0.25, -0.2) is 19.6 Å². The molecule has 0 saturated carbocycles. The van der Waals surface area contributed by atoms with Gasteiger partial charge < -0.3 is 0 Å². The predicted octanol–water partition coefficient (Wildman–Crippen LogP) is 4.96. The zero-order valence-electron chi connectivity index (χ0n) is 19.1. The number of carbonyl (C=O) groups excluding carboxylic acids is 1.